The Morgan fingerprint density at radius 3 is 2.58 bits per heavy atom. The van der Waals surface area contributed by atoms with Crippen molar-refractivity contribution in [1.82, 2.24) is 34.3 Å². The van der Waals surface area contributed by atoms with Gasteiger partial charge in [-0.25, -0.2) is 33.3 Å². The van der Waals surface area contributed by atoms with Crippen molar-refractivity contribution in [2.24, 2.45) is 0 Å². The van der Waals surface area contributed by atoms with Crippen molar-refractivity contribution in [3.05, 3.63) is 53.1 Å². The zero-order valence-electron chi connectivity index (χ0n) is 25.6. The molecule has 1 saturated heterocycles. The number of benzene rings is 1. The van der Waals surface area contributed by atoms with Crippen molar-refractivity contribution in [3.63, 3.8) is 0 Å². The van der Waals surface area contributed by atoms with Crippen LogP contribution in [0.4, 0.5) is 20.5 Å². The Balaban J connectivity index is 1.28. The highest BCUT2D eigenvalue weighted by Crippen LogP contribution is 2.36. The van der Waals surface area contributed by atoms with Crippen LogP contribution >= 0.6 is 8.25 Å². The van der Waals surface area contributed by atoms with Gasteiger partial charge in [0, 0.05) is 68.4 Å². The molecule has 2 unspecified atom stereocenters. The van der Waals surface area contributed by atoms with E-state index in [9.17, 15) is 14.6 Å². The number of nitrogens with one attached hydrogen (secondary N) is 1. The minimum Gasteiger partial charge on any atom is -0.426 e. The third kappa shape index (κ3) is 6.70. The second kappa shape index (κ2) is 12.3. The largest absolute Gasteiger partial charge is 0.426 e. The van der Waals surface area contributed by atoms with Crippen LogP contribution in [0, 0.1) is 18.6 Å². The van der Waals surface area contributed by atoms with Crippen LogP contribution in [0.15, 0.2) is 24.4 Å². The molecule has 6 rings (SSSR count). The monoisotopic (exact) mass is 642 g/mol. The van der Waals surface area contributed by atoms with E-state index in [-0.39, 0.29) is 40.4 Å². The van der Waals surface area contributed by atoms with Crippen molar-refractivity contribution in [1.29, 1.82) is 0 Å². The van der Waals surface area contributed by atoms with E-state index in [1.807, 2.05) is 25.3 Å². The Morgan fingerprint density at radius 1 is 1.09 bits per heavy atom. The molecule has 0 saturated carbocycles. The Hall–Kier alpha value is -3.55. The van der Waals surface area contributed by atoms with E-state index in [4.69, 9.17) is 9.51 Å². The minimum atomic E-state index is -3.32. The molecule has 2 aliphatic heterocycles. The van der Waals surface area contributed by atoms with Crippen molar-refractivity contribution < 1.29 is 27.9 Å². The first-order valence-corrected chi connectivity index (χ1v) is 16.2. The number of halogens is 2. The highest BCUT2D eigenvalue weighted by molar-refractivity contribution is 7.32. The minimum absolute atomic E-state index is 0.00713. The number of rotatable bonds is 8. The summed E-state index contributed by atoms with van der Waals surface area (Å²) < 4.78 is 49.3. The molecule has 240 valence electrons. The van der Waals surface area contributed by atoms with Crippen molar-refractivity contribution in [3.8, 4) is 17.0 Å². The van der Waals surface area contributed by atoms with Gasteiger partial charge in [-0.15, -0.1) is 0 Å². The fourth-order valence-electron chi connectivity index (χ4n) is 6.26. The number of aromatic nitrogens is 5. The summed E-state index contributed by atoms with van der Waals surface area (Å²) in [7, 11) is -3.32. The van der Waals surface area contributed by atoms with E-state index in [1.54, 1.807) is 13.0 Å². The molecule has 1 aromatic carbocycles. The lowest BCUT2D eigenvalue weighted by Crippen LogP contribution is -2.38. The number of aliphatic hydroxyl groups excluding tert-OH is 1. The fourth-order valence-corrected chi connectivity index (χ4v) is 6.63. The summed E-state index contributed by atoms with van der Waals surface area (Å²) >= 11 is 0. The Labute approximate surface area is 260 Å². The standard InChI is InChI=1S/C30H37F2N8O4P/c1-17-34-28-21(31)11-18(12-24(28)40(17)30(2,3)4)27-22(32)14-33-29(37-27)36-26-13-25(44-45(42)43)20-16-39(8-6-23(20)35-26)10-9-38-7-5-19(41)15-38/h11-14,19,41,45H,5-10,15-16H2,1-4H3,(H,42,43)(H,33,35,36,37). The number of pyridine rings is 1. The van der Waals surface area contributed by atoms with Gasteiger partial charge in [0.25, 0.3) is 0 Å². The summed E-state index contributed by atoms with van der Waals surface area (Å²) in [5.41, 5.74) is 1.85. The van der Waals surface area contributed by atoms with Gasteiger partial charge in [-0.2, -0.15) is 0 Å². The smallest absolute Gasteiger partial charge is 0.365 e. The third-order valence-electron chi connectivity index (χ3n) is 8.20. The van der Waals surface area contributed by atoms with E-state index >= 15 is 8.78 Å². The summed E-state index contributed by atoms with van der Waals surface area (Å²) in [5.74, 6) is -0.209. The molecule has 3 N–H and O–H groups in total. The summed E-state index contributed by atoms with van der Waals surface area (Å²) in [6.07, 6.45) is 2.07. The van der Waals surface area contributed by atoms with Crippen molar-refractivity contribution in [2.75, 3.05) is 38.0 Å². The predicted octanol–water partition coefficient (Wildman–Crippen LogP) is 4.16. The average Bonchev–Trinajstić information content (AvgIpc) is 3.54. The van der Waals surface area contributed by atoms with Gasteiger partial charge in [0.15, 0.2) is 11.6 Å². The topological polar surface area (TPSA) is 142 Å². The molecule has 0 radical (unpaired) electrons. The second-order valence-electron chi connectivity index (χ2n) is 12.6. The maximum Gasteiger partial charge on any atom is 0.365 e. The first-order chi connectivity index (χ1) is 21.4. The molecular weight excluding hydrogens is 605 g/mol. The highest BCUT2D eigenvalue weighted by atomic mass is 31.1. The number of hydrogen-bond acceptors (Lipinski definition) is 10. The number of nitrogens with zero attached hydrogens (tertiary/aromatic N) is 7. The molecule has 2 atom stereocenters. The lowest BCUT2D eigenvalue weighted by molar-refractivity contribution is 0.164. The van der Waals surface area contributed by atoms with E-state index in [0.29, 0.717) is 36.5 Å². The van der Waals surface area contributed by atoms with Gasteiger partial charge in [-0.3, -0.25) is 9.80 Å². The third-order valence-corrected chi connectivity index (χ3v) is 8.60. The quantitative estimate of drug-likeness (QED) is 0.239. The van der Waals surface area contributed by atoms with Crippen LogP contribution < -0.4 is 9.84 Å². The van der Waals surface area contributed by atoms with Gasteiger partial charge in [-0.05, 0) is 46.2 Å². The summed E-state index contributed by atoms with van der Waals surface area (Å²) in [5, 5.41) is 12.8. The maximum absolute atomic E-state index is 15.2. The molecule has 0 spiro atoms. The number of imidazole rings is 1. The van der Waals surface area contributed by atoms with Crippen LogP contribution in [0.5, 0.6) is 5.75 Å². The van der Waals surface area contributed by atoms with E-state index in [1.165, 1.54) is 12.1 Å². The van der Waals surface area contributed by atoms with E-state index in [2.05, 4.69) is 30.1 Å². The highest BCUT2D eigenvalue weighted by Gasteiger charge is 2.26. The number of β-amino-alcohol motifs (C(OH)–C–C–N with tert-alkyl or cyclic N) is 1. The molecule has 0 amide bonds. The normalized spacial score (nSPS) is 18.4. The molecule has 1 fully saturated rings. The van der Waals surface area contributed by atoms with Crippen LogP contribution in [0.3, 0.4) is 0 Å². The number of fused-ring (bicyclic) bond motifs is 2. The fraction of sp³-hybridized carbons (Fsp3) is 0.467. The van der Waals surface area contributed by atoms with Gasteiger partial charge in [0.05, 0.1) is 23.5 Å². The Bertz CT molecular complexity index is 1780. The number of likely N-dealkylation sites (tertiary alicyclic amines) is 1. The Morgan fingerprint density at radius 2 is 1.87 bits per heavy atom. The predicted molar refractivity (Wildman–Crippen MR) is 166 cm³/mol. The van der Waals surface area contributed by atoms with Crippen LogP contribution in [0.2, 0.25) is 0 Å². The van der Waals surface area contributed by atoms with Crippen LogP contribution in [0.1, 0.15) is 44.3 Å². The zero-order chi connectivity index (χ0) is 32.0. The van der Waals surface area contributed by atoms with Crippen LogP contribution in [-0.2, 0) is 23.1 Å². The Kier molecular flexibility index (Phi) is 8.61. The van der Waals surface area contributed by atoms with Crippen LogP contribution in [0.25, 0.3) is 22.3 Å². The van der Waals surface area contributed by atoms with Crippen LogP contribution in [-0.4, -0.2) is 83.1 Å². The van der Waals surface area contributed by atoms with Crippen molar-refractivity contribution in [2.45, 2.75) is 58.7 Å². The van der Waals surface area contributed by atoms with Gasteiger partial charge in [0.1, 0.15) is 28.6 Å². The lowest BCUT2D eigenvalue weighted by atomic mass is 10.0. The average molecular weight is 643 g/mol. The zero-order valence-corrected chi connectivity index (χ0v) is 26.6. The summed E-state index contributed by atoms with van der Waals surface area (Å²) in [4.78, 5) is 31.6. The van der Waals surface area contributed by atoms with Gasteiger partial charge in [-0.1, -0.05) is 0 Å². The van der Waals surface area contributed by atoms with Crippen molar-refractivity contribution >= 4 is 31.1 Å². The molecule has 15 heteroatoms. The number of anilines is 2. The maximum atomic E-state index is 15.2. The second-order valence-corrected chi connectivity index (χ2v) is 13.3. The summed E-state index contributed by atoms with van der Waals surface area (Å²) in [6.45, 7) is 12.1. The number of aliphatic hydroxyl groups is 1. The molecule has 12 nitrogen and oxygen atoms in total. The molecule has 3 aromatic heterocycles. The van der Waals surface area contributed by atoms with Gasteiger partial charge in [0.2, 0.25) is 5.95 Å². The molecule has 4 aromatic rings. The molecule has 5 heterocycles. The van der Waals surface area contributed by atoms with Gasteiger partial charge >= 0.3 is 8.25 Å². The summed E-state index contributed by atoms with van der Waals surface area (Å²) in [6, 6.07) is 4.37. The molecule has 45 heavy (non-hydrogen) atoms. The number of aryl methyl sites for hydroxylation is 1. The lowest BCUT2D eigenvalue weighted by Gasteiger charge is -2.30. The number of hydrogen-bond donors (Lipinski definition) is 3. The van der Waals surface area contributed by atoms with Gasteiger partial charge < -0.3 is 24.4 Å². The van der Waals surface area contributed by atoms with E-state index in [0.717, 1.165) is 44.4 Å². The molecular formula is C30H37F2N8O4P. The molecule has 0 aliphatic carbocycles. The SMILES string of the molecule is Cc1nc2c(F)cc(-c3nc(Nc4cc(O[PH](=O)O)c5c(n4)CCN(CCN4CCC(O)C4)C5)ncc3F)cc2n1C(C)(C)C. The molecule has 0 bridgehead atoms. The molecule has 2 aliphatic rings. The van der Waals surface area contributed by atoms with E-state index < -0.39 is 25.4 Å². The first-order valence-electron chi connectivity index (χ1n) is 14.9. The first kappa shape index (κ1) is 31.4.